The number of rotatable bonds is 5. The number of hydrogen-bond acceptors (Lipinski definition) is 5. The number of nitrogens with one attached hydrogen (secondary N) is 1. The Balaban J connectivity index is 1.52. The molecule has 0 unspecified atom stereocenters. The van der Waals surface area contributed by atoms with E-state index in [0.29, 0.717) is 11.8 Å². The zero-order valence-electron chi connectivity index (χ0n) is 18.4. The van der Waals surface area contributed by atoms with E-state index in [1.54, 1.807) is 12.1 Å². The van der Waals surface area contributed by atoms with Crippen LogP contribution in [0.15, 0.2) is 35.2 Å². The lowest BCUT2D eigenvalue weighted by atomic mass is 9.64. The van der Waals surface area contributed by atoms with E-state index in [1.807, 2.05) is 0 Å². The van der Waals surface area contributed by atoms with Gasteiger partial charge in [0.2, 0.25) is 0 Å². The SMILES string of the molecule is CN1CCC(Oc2cc(NS(=O)(=O)c3ccc(F)cc3F)cc3c2CC(=O)C32CCC2)CC1. The van der Waals surface area contributed by atoms with E-state index in [2.05, 4.69) is 16.7 Å². The molecule has 1 spiro atoms. The van der Waals surface area contributed by atoms with Gasteiger partial charge in [0.05, 0.1) is 11.1 Å². The molecule has 6 nitrogen and oxygen atoms in total. The summed E-state index contributed by atoms with van der Waals surface area (Å²) >= 11 is 0. The summed E-state index contributed by atoms with van der Waals surface area (Å²) in [6.07, 6.45) is 4.32. The number of ether oxygens (including phenoxy) is 1. The second-order valence-electron chi connectivity index (χ2n) is 9.34. The summed E-state index contributed by atoms with van der Waals surface area (Å²) in [6.45, 7) is 1.79. The third-order valence-corrected chi connectivity index (χ3v) is 8.61. The average Bonchev–Trinajstić information content (AvgIpc) is 3.01. The van der Waals surface area contributed by atoms with Crippen molar-refractivity contribution in [3.63, 3.8) is 0 Å². The fraction of sp³-hybridized carbons (Fsp3) is 0.458. The van der Waals surface area contributed by atoms with Crippen LogP contribution >= 0.6 is 0 Å². The quantitative estimate of drug-likeness (QED) is 0.711. The van der Waals surface area contributed by atoms with Crippen molar-refractivity contribution in [1.82, 2.24) is 4.90 Å². The van der Waals surface area contributed by atoms with Gasteiger partial charge in [-0.1, -0.05) is 6.42 Å². The number of anilines is 1. The topological polar surface area (TPSA) is 75.7 Å². The van der Waals surface area contributed by atoms with Crippen LogP contribution in [0.3, 0.4) is 0 Å². The summed E-state index contributed by atoms with van der Waals surface area (Å²) in [7, 11) is -2.26. The number of carbonyl (C=O) groups is 1. The molecule has 2 aromatic rings. The lowest BCUT2D eigenvalue weighted by molar-refractivity contribution is -0.125. The summed E-state index contributed by atoms with van der Waals surface area (Å²) in [5, 5.41) is 0. The average molecular weight is 477 g/mol. The zero-order valence-corrected chi connectivity index (χ0v) is 19.2. The molecule has 5 rings (SSSR count). The highest BCUT2D eigenvalue weighted by atomic mass is 32.2. The van der Waals surface area contributed by atoms with Gasteiger partial charge in [-0.3, -0.25) is 9.52 Å². The van der Waals surface area contributed by atoms with Gasteiger partial charge in [0.25, 0.3) is 10.0 Å². The van der Waals surface area contributed by atoms with Crippen molar-refractivity contribution in [3.05, 3.63) is 53.1 Å². The minimum atomic E-state index is -4.31. The van der Waals surface area contributed by atoms with Crippen molar-refractivity contribution in [2.45, 2.75) is 54.9 Å². The van der Waals surface area contributed by atoms with Gasteiger partial charge in [-0.15, -0.1) is 0 Å². The molecule has 2 fully saturated rings. The van der Waals surface area contributed by atoms with E-state index in [4.69, 9.17) is 4.74 Å². The first-order chi connectivity index (χ1) is 15.7. The van der Waals surface area contributed by atoms with E-state index in [9.17, 15) is 22.0 Å². The zero-order chi connectivity index (χ0) is 23.4. The van der Waals surface area contributed by atoms with Crippen LogP contribution in [0.1, 0.15) is 43.2 Å². The van der Waals surface area contributed by atoms with Crippen LogP contribution in [0.25, 0.3) is 0 Å². The number of hydrogen-bond donors (Lipinski definition) is 1. The van der Waals surface area contributed by atoms with E-state index >= 15 is 0 Å². The molecular weight excluding hydrogens is 450 g/mol. The molecule has 0 bridgehead atoms. The molecule has 9 heteroatoms. The molecule has 2 aliphatic carbocycles. The Morgan fingerprint density at radius 2 is 1.85 bits per heavy atom. The summed E-state index contributed by atoms with van der Waals surface area (Å²) in [5.41, 5.74) is 1.26. The molecule has 2 aromatic carbocycles. The minimum absolute atomic E-state index is 0.0280. The van der Waals surface area contributed by atoms with Crippen molar-refractivity contribution < 1.29 is 26.7 Å². The van der Waals surface area contributed by atoms with Gasteiger partial charge in [-0.05, 0) is 56.5 Å². The number of Topliss-reactive ketones (excluding diaryl/α,β-unsaturated/α-hetero) is 1. The Hall–Kier alpha value is -2.52. The Morgan fingerprint density at radius 1 is 1.12 bits per heavy atom. The molecule has 0 radical (unpaired) electrons. The smallest absolute Gasteiger partial charge is 0.264 e. The molecule has 0 amide bonds. The monoisotopic (exact) mass is 476 g/mol. The lowest BCUT2D eigenvalue weighted by Gasteiger charge is -2.38. The molecule has 176 valence electrons. The summed E-state index contributed by atoms with van der Waals surface area (Å²) < 4.78 is 62.0. The van der Waals surface area contributed by atoms with Crippen molar-refractivity contribution in [2.75, 3.05) is 24.9 Å². The number of benzene rings is 2. The Kier molecular flexibility index (Phi) is 5.44. The van der Waals surface area contributed by atoms with Gasteiger partial charge in [0, 0.05) is 37.2 Å². The number of piperidine rings is 1. The Labute approximate surface area is 192 Å². The molecule has 33 heavy (non-hydrogen) atoms. The minimum Gasteiger partial charge on any atom is -0.490 e. The Bertz CT molecular complexity index is 1220. The highest BCUT2D eigenvalue weighted by Crippen LogP contribution is 2.53. The van der Waals surface area contributed by atoms with Crippen LogP contribution in [-0.2, 0) is 26.7 Å². The maximum atomic E-state index is 14.2. The first-order valence-electron chi connectivity index (χ1n) is 11.2. The van der Waals surface area contributed by atoms with Gasteiger partial charge in [0.15, 0.2) is 0 Å². The highest BCUT2D eigenvalue weighted by molar-refractivity contribution is 7.92. The number of ketones is 1. The third-order valence-electron chi connectivity index (χ3n) is 7.20. The number of carbonyl (C=O) groups excluding carboxylic acids is 1. The Morgan fingerprint density at radius 3 is 2.48 bits per heavy atom. The maximum absolute atomic E-state index is 14.2. The highest BCUT2D eigenvalue weighted by Gasteiger charge is 2.51. The first-order valence-corrected chi connectivity index (χ1v) is 12.7. The lowest BCUT2D eigenvalue weighted by Crippen LogP contribution is -2.39. The molecule has 1 aliphatic heterocycles. The second-order valence-corrected chi connectivity index (χ2v) is 11.0. The van der Waals surface area contributed by atoms with E-state index in [1.165, 1.54) is 0 Å². The third kappa shape index (κ3) is 3.91. The van der Waals surface area contributed by atoms with Crippen molar-refractivity contribution in [2.24, 2.45) is 0 Å². The second kappa shape index (κ2) is 8.06. The molecule has 1 N–H and O–H groups in total. The normalized spacial score (nSPS) is 20.5. The first kappa shape index (κ1) is 22.3. The van der Waals surface area contributed by atoms with E-state index in [-0.39, 0.29) is 24.0 Å². The fourth-order valence-corrected chi connectivity index (χ4v) is 6.26. The van der Waals surface area contributed by atoms with Crippen LogP contribution in [0.2, 0.25) is 0 Å². The predicted molar refractivity (Wildman–Crippen MR) is 119 cm³/mol. The van der Waals surface area contributed by atoms with Crippen molar-refractivity contribution >= 4 is 21.5 Å². The summed E-state index contributed by atoms with van der Waals surface area (Å²) in [6, 6.07) is 5.60. The van der Waals surface area contributed by atoms with Gasteiger partial charge in [-0.25, -0.2) is 17.2 Å². The van der Waals surface area contributed by atoms with Gasteiger partial charge in [0.1, 0.15) is 34.2 Å². The number of sulfonamides is 1. The molecule has 0 atom stereocenters. The van der Waals surface area contributed by atoms with Crippen LogP contribution < -0.4 is 9.46 Å². The number of nitrogens with zero attached hydrogens (tertiary/aromatic N) is 1. The van der Waals surface area contributed by atoms with Crippen LogP contribution in [-0.4, -0.2) is 45.3 Å². The summed E-state index contributed by atoms with van der Waals surface area (Å²) in [5.74, 6) is -1.38. The predicted octanol–water partition coefficient (Wildman–Crippen LogP) is 3.79. The standard InChI is InChI=1S/C24H26F2N2O4S/c1-28-9-5-17(6-10-28)32-21-13-16(12-19-18(21)14-23(29)24(19)7-2-8-24)27-33(30,31)22-4-3-15(25)11-20(22)26/h3-4,11-13,17,27H,2,5-10,14H2,1H3. The molecule has 3 aliphatic rings. The molecule has 1 saturated heterocycles. The van der Waals surface area contributed by atoms with Crippen LogP contribution in [0.5, 0.6) is 5.75 Å². The van der Waals surface area contributed by atoms with Crippen molar-refractivity contribution in [3.8, 4) is 5.75 Å². The fourth-order valence-electron chi connectivity index (χ4n) is 5.16. The molecule has 1 heterocycles. The van der Waals surface area contributed by atoms with Crippen LogP contribution in [0.4, 0.5) is 14.5 Å². The molecule has 0 aromatic heterocycles. The van der Waals surface area contributed by atoms with E-state index in [0.717, 1.165) is 68.5 Å². The molecular formula is C24H26F2N2O4S. The summed E-state index contributed by atoms with van der Waals surface area (Å²) in [4.78, 5) is 14.5. The van der Waals surface area contributed by atoms with E-state index < -0.39 is 32.0 Å². The number of fused-ring (bicyclic) bond motifs is 2. The number of likely N-dealkylation sites (tertiary alicyclic amines) is 1. The number of halogens is 2. The van der Waals surface area contributed by atoms with Gasteiger partial charge in [-0.2, -0.15) is 0 Å². The van der Waals surface area contributed by atoms with Crippen LogP contribution in [0, 0.1) is 11.6 Å². The van der Waals surface area contributed by atoms with Gasteiger partial charge >= 0.3 is 0 Å². The van der Waals surface area contributed by atoms with Crippen molar-refractivity contribution in [1.29, 1.82) is 0 Å². The largest absolute Gasteiger partial charge is 0.490 e. The maximum Gasteiger partial charge on any atom is 0.264 e. The molecule has 1 saturated carbocycles. The van der Waals surface area contributed by atoms with Gasteiger partial charge < -0.3 is 9.64 Å².